The topological polar surface area (TPSA) is 21.3 Å². The summed E-state index contributed by atoms with van der Waals surface area (Å²) in [5.74, 6) is 0.816. The summed E-state index contributed by atoms with van der Waals surface area (Å²) in [5, 5.41) is 3.52. The highest BCUT2D eigenvalue weighted by atomic mass is 16.5. The zero-order valence-electron chi connectivity index (χ0n) is 10.4. The van der Waals surface area contributed by atoms with Crippen LogP contribution >= 0.6 is 0 Å². The summed E-state index contributed by atoms with van der Waals surface area (Å²) in [5.41, 5.74) is 0. The van der Waals surface area contributed by atoms with Gasteiger partial charge >= 0.3 is 0 Å². The van der Waals surface area contributed by atoms with Gasteiger partial charge in [0.25, 0.3) is 0 Å². The molecule has 0 amide bonds. The Labute approximate surface area is 94.8 Å². The number of rotatable bonds is 10. The summed E-state index contributed by atoms with van der Waals surface area (Å²) >= 11 is 0. The second-order valence-electron chi connectivity index (χ2n) is 5.08. The van der Waals surface area contributed by atoms with Gasteiger partial charge in [-0.05, 0) is 51.0 Å². The van der Waals surface area contributed by atoms with Crippen LogP contribution < -0.4 is 5.32 Å². The third kappa shape index (κ3) is 8.88. The van der Waals surface area contributed by atoms with Crippen LogP contribution in [0.15, 0.2) is 0 Å². The van der Waals surface area contributed by atoms with E-state index >= 15 is 0 Å². The van der Waals surface area contributed by atoms with Gasteiger partial charge in [-0.25, -0.2) is 0 Å². The molecule has 1 fully saturated rings. The Morgan fingerprint density at radius 3 is 2.53 bits per heavy atom. The molecule has 2 nitrogen and oxygen atoms in total. The third-order valence-electron chi connectivity index (χ3n) is 2.80. The van der Waals surface area contributed by atoms with Crippen LogP contribution in [0.25, 0.3) is 0 Å². The predicted molar refractivity (Wildman–Crippen MR) is 65.1 cm³/mol. The highest BCUT2D eigenvalue weighted by molar-refractivity contribution is 4.80. The fourth-order valence-corrected chi connectivity index (χ4v) is 1.62. The summed E-state index contributed by atoms with van der Waals surface area (Å²) in [4.78, 5) is 0. The number of unbranched alkanes of at least 4 members (excludes halogenated alkanes) is 1. The van der Waals surface area contributed by atoms with Crippen LogP contribution in [0.4, 0.5) is 0 Å². The summed E-state index contributed by atoms with van der Waals surface area (Å²) in [6.45, 7) is 7.62. The number of hydrogen-bond acceptors (Lipinski definition) is 2. The van der Waals surface area contributed by atoms with Gasteiger partial charge in [0, 0.05) is 19.3 Å². The van der Waals surface area contributed by atoms with Crippen molar-refractivity contribution in [3.8, 4) is 0 Å². The van der Waals surface area contributed by atoms with E-state index in [9.17, 15) is 0 Å². The Kier molecular flexibility index (Phi) is 7.03. The standard InChI is InChI=1S/C13H27NO/c1-12(2)6-5-11-15-10-4-3-9-14-13-7-8-13/h12-14H,3-11H2,1-2H3. The molecule has 1 rings (SSSR count). The van der Waals surface area contributed by atoms with Gasteiger partial charge in [0.1, 0.15) is 0 Å². The van der Waals surface area contributed by atoms with Crippen molar-refractivity contribution < 1.29 is 4.74 Å². The molecule has 1 aliphatic carbocycles. The molecule has 0 atom stereocenters. The maximum Gasteiger partial charge on any atom is 0.0466 e. The molecule has 0 radical (unpaired) electrons. The molecule has 1 saturated carbocycles. The van der Waals surface area contributed by atoms with Crippen molar-refractivity contribution in [2.75, 3.05) is 19.8 Å². The van der Waals surface area contributed by atoms with Crippen molar-refractivity contribution in [3.05, 3.63) is 0 Å². The van der Waals surface area contributed by atoms with Crippen LogP contribution in [-0.4, -0.2) is 25.8 Å². The monoisotopic (exact) mass is 213 g/mol. The highest BCUT2D eigenvalue weighted by Crippen LogP contribution is 2.18. The average Bonchev–Trinajstić information content (AvgIpc) is 2.98. The normalized spacial score (nSPS) is 16.2. The van der Waals surface area contributed by atoms with E-state index in [1.165, 1.54) is 45.1 Å². The van der Waals surface area contributed by atoms with Crippen molar-refractivity contribution >= 4 is 0 Å². The molecule has 0 aromatic carbocycles. The molecule has 0 heterocycles. The van der Waals surface area contributed by atoms with Gasteiger partial charge in [-0.2, -0.15) is 0 Å². The molecule has 90 valence electrons. The van der Waals surface area contributed by atoms with Gasteiger partial charge in [0.15, 0.2) is 0 Å². The molecular weight excluding hydrogens is 186 g/mol. The smallest absolute Gasteiger partial charge is 0.0466 e. The molecule has 0 bridgehead atoms. The van der Waals surface area contributed by atoms with Gasteiger partial charge in [-0.3, -0.25) is 0 Å². The maximum atomic E-state index is 5.58. The van der Waals surface area contributed by atoms with Gasteiger partial charge in [-0.15, -0.1) is 0 Å². The molecule has 2 heteroatoms. The predicted octanol–water partition coefficient (Wildman–Crippen LogP) is 2.97. The number of ether oxygens (including phenoxy) is 1. The van der Waals surface area contributed by atoms with E-state index in [1.54, 1.807) is 0 Å². The first-order chi connectivity index (χ1) is 7.29. The summed E-state index contributed by atoms with van der Waals surface area (Å²) in [6, 6.07) is 0.858. The quantitative estimate of drug-likeness (QED) is 0.563. The van der Waals surface area contributed by atoms with Crippen LogP contribution in [0.3, 0.4) is 0 Å². The third-order valence-corrected chi connectivity index (χ3v) is 2.80. The fraction of sp³-hybridized carbons (Fsp3) is 1.00. The molecule has 0 saturated heterocycles. The summed E-state index contributed by atoms with van der Waals surface area (Å²) in [6.07, 6.45) is 7.78. The molecular formula is C13H27NO. The van der Waals surface area contributed by atoms with Crippen LogP contribution in [0.5, 0.6) is 0 Å². The molecule has 0 aromatic heterocycles. The van der Waals surface area contributed by atoms with E-state index in [1.807, 2.05) is 0 Å². The van der Waals surface area contributed by atoms with Crippen molar-refractivity contribution in [2.24, 2.45) is 5.92 Å². The lowest BCUT2D eigenvalue weighted by atomic mass is 10.1. The zero-order valence-corrected chi connectivity index (χ0v) is 10.4. The molecule has 0 aliphatic heterocycles. The average molecular weight is 213 g/mol. The largest absolute Gasteiger partial charge is 0.381 e. The molecule has 15 heavy (non-hydrogen) atoms. The van der Waals surface area contributed by atoms with Gasteiger partial charge in [0.05, 0.1) is 0 Å². The lowest BCUT2D eigenvalue weighted by Crippen LogP contribution is -2.17. The summed E-state index contributed by atoms with van der Waals surface area (Å²) in [7, 11) is 0. The second-order valence-corrected chi connectivity index (χ2v) is 5.08. The maximum absolute atomic E-state index is 5.58. The highest BCUT2D eigenvalue weighted by Gasteiger charge is 2.19. The van der Waals surface area contributed by atoms with E-state index in [-0.39, 0.29) is 0 Å². The SMILES string of the molecule is CC(C)CCCOCCCCNC1CC1. The Morgan fingerprint density at radius 1 is 1.13 bits per heavy atom. The van der Waals surface area contributed by atoms with Crippen LogP contribution in [0.1, 0.15) is 52.4 Å². The van der Waals surface area contributed by atoms with Crippen LogP contribution in [0, 0.1) is 5.92 Å². The summed E-state index contributed by atoms with van der Waals surface area (Å²) < 4.78 is 5.58. The van der Waals surface area contributed by atoms with E-state index in [4.69, 9.17) is 4.74 Å². The van der Waals surface area contributed by atoms with Crippen LogP contribution in [0.2, 0.25) is 0 Å². The lowest BCUT2D eigenvalue weighted by molar-refractivity contribution is 0.124. The first kappa shape index (κ1) is 13.0. The first-order valence-electron chi connectivity index (χ1n) is 6.60. The van der Waals surface area contributed by atoms with E-state index < -0.39 is 0 Å². The molecule has 0 aromatic rings. The molecule has 1 aliphatic rings. The lowest BCUT2D eigenvalue weighted by Gasteiger charge is -2.06. The van der Waals surface area contributed by atoms with Gasteiger partial charge in [0.2, 0.25) is 0 Å². The molecule has 1 N–H and O–H groups in total. The minimum atomic E-state index is 0.816. The van der Waals surface area contributed by atoms with Crippen molar-refractivity contribution in [3.63, 3.8) is 0 Å². The van der Waals surface area contributed by atoms with Crippen LogP contribution in [-0.2, 0) is 4.74 Å². The Morgan fingerprint density at radius 2 is 1.87 bits per heavy atom. The minimum Gasteiger partial charge on any atom is -0.381 e. The Bertz CT molecular complexity index is 135. The Balaban J connectivity index is 1.65. The van der Waals surface area contributed by atoms with E-state index in [2.05, 4.69) is 19.2 Å². The number of hydrogen-bond donors (Lipinski definition) is 1. The minimum absolute atomic E-state index is 0.816. The van der Waals surface area contributed by atoms with Crippen molar-refractivity contribution in [1.29, 1.82) is 0 Å². The Hall–Kier alpha value is -0.0800. The zero-order chi connectivity index (χ0) is 10.9. The van der Waals surface area contributed by atoms with E-state index in [0.29, 0.717) is 0 Å². The van der Waals surface area contributed by atoms with Gasteiger partial charge in [-0.1, -0.05) is 13.8 Å². The first-order valence-corrected chi connectivity index (χ1v) is 6.60. The fourth-order valence-electron chi connectivity index (χ4n) is 1.62. The number of nitrogens with one attached hydrogen (secondary N) is 1. The van der Waals surface area contributed by atoms with Gasteiger partial charge < -0.3 is 10.1 Å². The second kappa shape index (κ2) is 8.12. The van der Waals surface area contributed by atoms with Crippen molar-refractivity contribution in [2.45, 2.75) is 58.4 Å². The van der Waals surface area contributed by atoms with E-state index in [0.717, 1.165) is 25.2 Å². The van der Waals surface area contributed by atoms with Crippen molar-refractivity contribution in [1.82, 2.24) is 5.32 Å². The molecule has 0 spiro atoms. The molecule has 0 unspecified atom stereocenters.